The molecule has 25 heavy (non-hydrogen) atoms. The summed E-state index contributed by atoms with van der Waals surface area (Å²) >= 11 is 9.43. The van der Waals surface area contributed by atoms with Gasteiger partial charge in [-0.3, -0.25) is 4.79 Å². The van der Waals surface area contributed by atoms with Crippen molar-refractivity contribution in [1.82, 2.24) is 5.32 Å². The highest BCUT2D eigenvalue weighted by molar-refractivity contribution is 7.98. The van der Waals surface area contributed by atoms with Crippen molar-refractivity contribution in [3.05, 3.63) is 75.6 Å². The smallest absolute Gasteiger partial charge is 0.261 e. The van der Waals surface area contributed by atoms with Gasteiger partial charge in [0.05, 0.1) is 10.9 Å². The minimum absolute atomic E-state index is 0.0173. The van der Waals surface area contributed by atoms with Crippen LogP contribution in [0.25, 0.3) is 10.4 Å². The first-order valence-electron chi connectivity index (χ1n) is 8.03. The summed E-state index contributed by atoms with van der Waals surface area (Å²) in [5.41, 5.74) is 3.51. The molecule has 0 aliphatic carbocycles. The summed E-state index contributed by atoms with van der Waals surface area (Å²) < 4.78 is 0. The molecule has 0 bridgehead atoms. The van der Waals surface area contributed by atoms with E-state index < -0.39 is 0 Å². The van der Waals surface area contributed by atoms with Gasteiger partial charge in [-0.05, 0) is 36.2 Å². The molecule has 1 atom stereocenters. The van der Waals surface area contributed by atoms with Gasteiger partial charge in [-0.1, -0.05) is 48.0 Å². The Bertz CT molecular complexity index is 936. The molecule has 0 saturated carbocycles. The maximum Gasteiger partial charge on any atom is 0.261 e. The molecule has 0 radical (unpaired) electrons. The first-order valence-corrected chi connectivity index (χ1v) is 10.2. The van der Waals surface area contributed by atoms with Crippen LogP contribution in [0.2, 0.25) is 5.02 Å². The third kappa shape index (κ3) is 3.34. The predicted octanol–water partition coefficient (Wildman–Crippen LogP) is 6.17. The number of rotatable bonds is 3. The number of carbonyl (C=O) groups is 1. The summed E-state index contributed by atoms with van der Waals surface area (Å²) in [5.74, 6) is 0.858. The van der Waals surface area contributed by atoms with Crippen molar-refractivity contribution in [3.8, 4) is 10.4 Å². The predicted molar refractivity (Wildman–Crippen MR) is 107 cm³/mol. The fourth-order valence-electron chi connectivity index (χ4n) is 2.93. The number of hydrogen-bond donors (Lipinski definition) is 1. The molecule has 4 rings (SSSR count). The fraction of sp³-hybridized carbons (Fsp3) is 0.150. The molecular weight excluding hydrogens is 370 g/mol. The topological polar surface area (TPSA) is 29.1 Å². The molecule has 126 valence electrons. The first kappa shape index (κ1) is 16.7. The van der Waals surface area contributed by atoms with Gasteiger partial charge in [0, 0.05) is 26.1 Å². The lowest BCUT2D eigenvalue weighted by Gasteiger charge is -2.15. The Labute approximate surface area is 160 Å². The third-order valence-corrected chi connectivity index (χ3v) is 6.80. The monoisotopic (exact) mass is 385 g/mol. The van der Waals surface area contributed by atoms with Crippen molar-refractivity contribution in [3.63, 3.8) is 0 Å². The minimum atomic E-state index is -0.0201. The molecule has 5 heteroatoms. The Kier molecular flexibility index (Phi) is 4.59. The summed E-state index contributed by atoms with van der Waals surface area (Å²) in [6, 6.07) is 18.0. The Morgan fingerprint density at radius 1 is 1.16 bits per heavy atom. The average molecular weight is 386 g/mol. The van der Waals surface area contributed by atoms with E-state index in [0.717, 1.165) is 21.2 Å². The fourth-order valence-corrected chi connectivity index (χ4v) is 5.52. The Balaban J connectivity index is 1.59. The van der Waals surface area contributed by atoms with Gasteiger partial charge in [0.2, 0.25) is 0 Å². The largest absolute Gasteiger partial charge is 0.345 e. The summed E-state index contributed by atoms with van der Waals surface area (Å²) in [4.78, 5) is 15.8. The average Bonchev–Trinajstić information content (AvgIpc) is 3.07. The van der Waals surface area contributed by atoms with Crippen LogP contribution in [0.15, 0.2) is 59.5 Å². The van der Waals surface area contributed by atoms with E-state index in [4.69, 9.17) is 11.6 Å². The van der Waals surface area contributed by atoms with Crippen LogP contribution in [0, 0.1) is 0 Å². The number of hydrogen-bond acceptors (Lipinski definition) is 3. The number of nitrogens with one attached hydrogen (secondary N) is 1. The number of halogens is 1. The third-order valence-electron chi connectivity index (χ3n) is 4.25. The first-order chi connectivity index (χ1) is 12.1. The number of amides is 1. The van der Waals surface area contributed by atoms with E-state index in [1.54, 1.807) is 23.1 Å². The number of fused-ring (bicyclic) bond motifs is 3. The van der Waals surface area contributed by atoms with E-state index in [0.29, 0.717) is 0 Å². The summed E-state index contributed by atoms with van der Waals surface area (Å²) in [5, 5.41) is 3.85. The van der Waals surface area contributed by atoms with Crippen LogP contribution in [0.3, 0.4) is 0 Å². The van der Waals surface area contributed by atoms with Crippen molar-refractivity contribution < 1.29 is 4.79 Å². The van der Waals surface area contributed by atoms with Crippen LogP contribution in [0.4, 0.5) is 0 Å². The highest BCUT2D eigenvalue weighted by atomic mass is 35.5. The van der Waals surface area contributed by atoms with E-state index in [1.165, 1.54) is 20.9 Å². The van der Waals surface area contributed by atoms with Crippen molar-refractivity contribution in [1.29, 1.82) is 0 Å². The molecule has 0 fully saturated rings. The van der Waals surface area contributed by atoms with Gasteiger partial charge in [0.1, 0.15) is 0 Å². The molecule has 0 saturated heterocycles. The SMILES string of the molecule is C[C@@H](NC(=O)c1cc2c(s1)-c1ccc(Cl)cc1SC2)c1ccccc1. The minimum Gasteiger partial charge on any atom is -0.345 e. The normalized spacial score (nSPS) is 13.7. The molecule has 1 aliphatic heterocycles. The quantitative estimate of drug-likeness (QED) is 0.584. The molecule has 2 aromatic carbocycles. The van der Waals surface area contributed by atoms with E-state index in [2.05, 4.69) is 5.32 Å². The van der Waals surface area contributed by atoms with Gasteiger partial charge >= 0.3 is 0 Å². The molecule has 0 unspecified atom stereocenters. The molecule has 1 amide bonds. The number of benzene rings is 2. The van der Waals surface area contributed by atoms with Crippen molar-refractivity contribution in [2.24, 2.45) is 0 Å². The van der Waals surface area contributed by atoms with Crippen LogP contribution in [-0.2, 0) is 5.75 Å². The van der Waals surface area contributed by atoms with Gasteiger partial charge in [-0.2, -0.15) is 0 Å². The zero-order valence-electron chi connectivity index (χ0n) is 13.6. The van der Waals surface area contributed by atoms with Gasteiger partial charge in [0.25, 0.3) is 5.91 Å². The van der Waals surface area contributed by atoms with Gasteiger partial charge in [-0.15, -0.1) is 23.1 Å². The van der Waals surface area contributed by atoms with Crippen LogP contribution in [-0.4, -0.2) is 5.91 Å². The van der Waals surface area contributed by atoms with Gasteiger partial charge in [0.15, 0.2) is 0 Å². The lowest BCUT2D eigenvalue weighted by molar-refractivity contribution is 0.0944. The standard InChI is InChI=1S/C20H16ClNOS2/c1-12(13-5-3-2-4-6-13)22-20(23)18-9-14-11-24-17-10-15(21)7-8-16(17)19(14)25-18/h2-10,12H,11H2,1H3,(H,22,23)/t12-/m1/s1. The highest BCUT2D eigenvalue weighted by Gasteiger charge is 2.23. The molecule has 0 spiro atoms. The molecule has 1 aromatic heterocycles. The lowest BCUT2D eigenvalue weighted by atomic mass is 10.1. The van der Waals surface area contributed by atoms with Crippen molar-refractivity contribution >= 4 is 40.6 Å². The Morgan fingerprint density at radius 3 is 2.76 bits per heavy atom. The lowest BCUT2D eigenvalue weighted by Crippen LogP contribution is -2.25. The molecule has 3 aromatic rings. The van der Waals surface area contributed by atoms with Gasteiger partial charge in [-0.25, -0.2) is 0 Å². The van der Waals surface area contributed by atoms with Crippen molar-refractivity contribution in [2.45, 2.75) is 23.6 Å². The zero-order valence-corrected chi connectivity index (χ0v) is 16.0. The second-order valence-electron chi connectivity index (χ2n) is 6.00. The van der Waals surface area contributed by atoms with Crippen molar-refractivity contribution in [2.75, 3.05) is 0 Å². The summed E-state index contributed by atoms with van der Waals surface area (Å²) in [6.45, 7) is 2.01. The van der Waals surface area contributed by atoms with Crippen LogP contribution >= 0.6 is 34.7 Å². The zero-order chi connectivity index (χ0) is 17.4. The number of carbonyl (C=O) groups excluding carboxylic acids is 1. The number of thiophene rings is 1. The van der Waals surface area contributed by atoms with E-state index in [1.807, 2.05) is 61.5 Å². The van der Waals surface area contributed by atoms with Gasteiger partial charge < -0.3 is 5.32 Å². The second-order valence-corrected chi connectivity index (χ2v) is 8.51. The second kappa shape index (κ2) is 6.87. The number of thioether (sulfide) groups is 1. The van der Waals surface area contributed by atoms with E-state index >= 15 is 0 Å². The molecule has 2 heterocycles. The maximum absolute atomic E-state index is 12.7. The Hall–Kier alpha value is -1.75. The summed E-state index contributed by atoms with van der Waals surface area (Å²) in [6.07, 6.45) is 0. The van der Waals surface area contributed by atoms with Crippen LogP contribution in [0.1, 0.15) is 33.8 Å². The van der Waals surface area contributed by atoms with Crippen LogP contribution in [0.5, 0.6) is 0 Å². The maximum atomic E-state index is 12.7. The summed E-state index contributed by atoms with van der Waals surface area (Å²) in [7, 11) is 0. The molecule has 2 nitrogen and oxygen atoms in total. The van der Waals surface area contributed by atoms with E-state index in [-0.39, 0.29) is 11.9 Å². The Morgan fingerprint density at radius 2 is 1.96 bits per heavy atom. The molecule has 1 N–H and O–H groups in total. The molecule has 1 aliphatic rings. The van der Waals surface area contributed by atoms with Crippen LogP contribution < -0.4 is 5.32 Å². The highest BCUT2D eigenvalue weighted by Crippen LogP contribution is 2.46. The van der Waals surface area contributed by atoms with E-state index in [9.17, 15) is 4.79 Å². The molecular formula is C20H16ClNOS2.